The molecule has 4 heteroatoms. The predicted octanol–water partition coefficient (Wildman–Crippen LogP) is 4.18. The second-order valence-electron chi connectivity index (χ2n) is 5.66. The number of hydrogen-bond acceptors (Lipinski definition) is 2. The summed E-state index contributed by atoms with van der Waals surface area (Å²) in [6.07, 6.45) is 4.94. The number of rotatable bonds is 3. The Kier molecular flexibility index (Phi) is 5.01. The van der Waals surface area contributed by atoms with Crippen molar-refractivity contribution in [3.05, 3.63) is 34.6 Å². The van der Waals surface area contributed by atoms with Gasteiger partial charge in [0, 0.05) is 17.0 Å². The smallest absolute Gasteiger partial charge is 0.127 e. The van der Waals surface area contributed by atoms with Gasteiger partial charge in [-0.2, -0.15) is 5.26 Å². The molecule has 0 aromatic heterocycles. The summed E-state index contributed by atoms with van der Waals surface area (Å²) in [7, 11) is 0. The Morgan fingerprint density at radius 1 is 1.30 bits per heavy atom. The van der Waals surface area contributed by atoms with E-state index < -0.39 is 5.54 Å². The molecule has 1 atom stereocenters. The van der Waals surface area contributed by atoms with Crippen LogP contribution in [0.5, 0.6) is 0 Å². The molecule has 1 aromatic carbocycles. The van der Waals surface area contributed by atoms with Crippen LogP contribution in [0.25, 0.3) is 0 Å². The number of nitriles is 1. The van der Waals surface area contributed by atoms with Crippen LogP contribution in [0.4, 0.5) is 4.39 Å². The molecule has 0 bridgehead atoms. The van der Waals surface area contributed by atoms with Crippen molar-refractivity contribution in [1.29, 1.82) is 5.26 Å². The van der Waals surface area contributed by atoms with Crippen LogP contribution in [0.2, 0.25) is 5.02 Å². The van der Waals surface area contributed by atoms with E-state index in [9.17, 15) is 9.65 Å². The number of benzene rings is 1. The standard InChI is InChI=1S/C16H20ClFN2/c1-16(12-19,20-9-4-2-3-5-10-20)11-13-14(17)7-6-8-15(13)18/h6-8H,2-5,9-11H2,1H3. The predicted molar refractivity (Wildman–Crippen MR) is 79.2 cm³/mol. The molecule has 0 N–H and O–H groups in total. The number of nitrogens with zero attached hydrogens (tertiary/aromatic N) is 2. The van der Waals surface area contributed by atoms with E-state index in [1.165, 1.54) is 18.9 Å². The van der Waals surface area contributed by atoms with E-state index in [0.29, 0.717) is 17.0 Å². The van der Waals surface area contributed by atoms with Crippen molar-refractivity contribution in [1.82, 2.24) is 4.90 Å². The van der Waals surface area contributed by atoms with Gasteiger partial charge in [0.25, 0.3) is 0 Å². The zero-order valence-electron chi connectivity index (χ0n) is 11.8. The number of halogens is 2. The van der Waals surface area contributed by atoms with Gasteiger partial charge in [-0.3, -0.25) is 4.90 Å². The molecule has 1 aliphatic rings. The SMILES string of the molecule is CC(C#N)(Cc1c(F)cccc1Cl)N1CCCCCC1. The molecule has 108 valence electrons. The fourth-order valence-electron chi connectivity index (χ4n) is 2.83. The van der Waals surface area contributed by atoms with Crippen LogP contribution in [-0.4, -0.2) is 23.5 Å². The third-order valence-corrected chi connectivity index (χ3v) is 4.48. The number of likely N-dealkylation sites (tertiary alicyclic amines) is 1. The monoisotopic (exact) mass is 294 g/mol. The summed E-state index contributed by atoms with van der Waals surface area (Å²) in [5.41, 5.74) is -0.252. The molecule has 1 saturated heterocycles. The lowest BCUT2D eigenvalue weighted by Gasteiger charge is -2.35. The highest BCUT2D eigenvalue weighted by molar-refractivity contribution is 6.31. The summed E-state index contributed by atoms with van der Waals surface area (Å²) in [4.78, 5) is 2.18. The molecule has 0 radical (unpaired) electrons. The largest absolute Gasteiger partial charge is 0.285 e. The minimum Gasteiger partial charge on any atom is -0.285 e. The van der Waals surface area contributed by atoms with Gasteiger partial charge in [0.2, 0.25) is 0 Å². The molecule has 0 saturated carbocycles. The first-order chi connectivity index (χ1) is 9.57. The molecule has 0 aliphatic carbocycles. The fraction of sp³-hybridized carbons (Fsp3) is 0.562. The molecule has 1 aromatic rings. The third kappa shape index (κ3) is 3.31. The highest BCUT2D eigenvalue weighted by Crippen LogP contribution is 2.28. The lowest BCUT2D eigenvalue weighted by atomic mass is 9.91. The van der Waals surface area contributed by atoms with Crippen molar-refractivity contribution >= 4 is 11.6 Å². The Labute approximate surface area is 125 Å². The van der Waals surface area contributed by atoms with E-state index in [4.69, 9.17) is 11.6 Å². The average Bonchev–Trinajstić information content (AvgIpc) is 2.72. The molecule has 0 amide bonds. The van der Waals surface area contributed by atoms with Crippen molar-refractivity contribution in [3.63, 3.8) is 0 Å². The molecule has 1 fully saturated rings. The first kappa shape index (κ1) is 15.3. The van der Waals surface area contributed by atoms with Gasteiger partial charge in [-0.15, -0.1) is 0 Å². The van der Waals surface area contributed by atoms with Crippen LogP contribution in [0, 0.1) is 17.1 Å². The quantitative estimate of drug-likeness (QED) is 0.836. The van der Waals surface area contributed by atoms with Crippen molar-refractivity contribution < 1.29 is 4.39 Å². The van der Waals surface area contributed by atoms with E-state index >= 15 is 0 Å². The van der Waals surface area contributed by atoms with Crippen LogP contribution >= 0.6 is 11.6 Å². The van der Waals surface area contributed by atoms with Gasteiger partial charge < -0.3 is 0 Å². The summed E-state index contributed by atoms with van der Waals surface area (Å²) in [6.45, 7) is 3.69. The Morgan fingerprint density at radius 2 is 1.95 bits per heavy atom. The average molecular weight is 295 g/mol. The maximum atomic E-state index is 14.0. The zero-order valence-corrected chi connectivity index (χ0v) is 12.6. The molecular weight excluding hydrogens is 275 g/mol. The minimum atomic E-state index is -0.698. The molecule has 20 heavy (non-hydrogen) atoms. The molecule has 1 unspecified atom stereocenters. The summed E-state index contributed by atoms with van der Waals surface area (Å²) < 4.78 is 14.0. The Balaban J connectivity index is 2.25. The van der Waals surface area contributed by atoms with E-state index in [1.807, 2.05) is 6.92 Å². The Hall–Kier alpha value is -1.11. The van der Waals surface area contributed by atoms with E-state index in [1.54, 1.807) is 12.1 Å². The maximum Gasteiger partial charge on any atom is 0.127 e. The van der Waals surface area contributed by atoms with Crippen molar-refractivity contribution in [2.45, 2.75) is 44.6 Å². The van der Waals surface area contributed by atoms with Crippen molar-refractivity contribution in [3.8, 4) is 6.07 Å². The maximum absolute atomic E-state index is 14.0. The van der Waals surface area contributed by atoms with Crippen molar-refractivity contribution in [2.24, 2.45) is 0 Å². The molecular formula is C16H20ClFN2. The Morgan fingerprint density at radius 3 is 2.50 bits per heavy atom. The number of hydrogen-bond donors (Lipinski definition) is 0. The lowest BCUT2D eigenvalue weighted by molar-refractivity contribution is 0.156. The van der Waals surface area contributed by atoms with Gasteiger partial charge in [-0.25, -0.2) is 4.39 Å². The highest BCUT2D eigenvalue weighted by Gasteiger charge is 2.33. The van der Waals surface area contributed by atoms with Gasteiger partial charge >= 0.3 is 0 Å². The summed E-state index contributed by atoms with van der Waals surface area (Å²) >= 11 is 6.10. The third-order valence-electron chi connectivity index (χ3n) is 4.13. The van der Waals surface area contributed by atoms with E-state index in [2.05, 4.69) is 11.0 Å². The second kappa shape index (κ2) is 6.56. The molecule has 1 aliphatic heterocycles. The van der Waals surface area contributed by atoms with Crippen LogP contribution in [-0.2, 0) is 6.42 Å². The van der Waals surface area contributed by atoms with Gasteiger partial charge in [-0.1, -0.05) is 30.5 Å². The Bertz CT molecular complexity index is 483. The normalized spacial score (nSPS) is 19.9. The van der Waals surface area contributed by atoms with Crippen LogP contribution in [0.1, 0.15) is 38.2 Å². The molecule has 0 spiro atoms. The van der Waals surface area contributed by atoms with Gasteiger partial charge in [0.05, 0.1) is 6.07 Å². The van der Waals surface area contributed by atoms with Crippen LogP contribution in [0.3, 0.4) is 0 Å². The van der Waals surface area contributed by atoms with Crippen LogP contribution in [0.15, 0.2) is 18.2 Å². The lowest BCUT2D eigenvalue weighted by Crippen LogP contribution is -2.47. The van der Waals surface area contributed by atoms with Crippen molar-refractivity contribution in [2.75, 3.05) is 13.1 Å². The minimum absolute atomic E-state index is 0.325. The molecule has 2 rings (SSSR count). The van der Waals surface area contributed by atoms with E-state index in [0.717, 1.165) is 25.9 Å². The van der Waals surface area contributed by atoms with E-state index in [-0.39, 0.29) is 5.82 Å². The fourth-order valence-corrected chi connectivity index (χ4v) is 3.06. The highest BCUT2D eigenvalue weighted by atomic mass is 35.5. The van der Waals surface area contributed by atoms with Gasteiger partial charge in [0.1, 0.15) is 11.4 Å². The first-order valence-corrected chi connectivity index (χ1v) is 7.54. The molecule has 1 heterocycles. The van der Waals surface area contributed by atoms with Crippen LogP contribution < -0.4 is 0 Å². The molecule has 2 nitrogen and oxygen atoms in total. The second-order valence-corrected chi connectivity index (χ2v) is 6.07. The first-order valence-electron chi connectivity index (χ1n) is 7.16. The van der Waals surface area contributed by atoms with Gasteiger partial charge in [0.15, 0.2) is 0 Å². The summed E-state index contributed by atoms with van der Waals surface area (Å²) in [5, 5.41) is 10.0. The zero-order chi connectivity index (χ0) is 14.6. The summed E-state index contributed by atoms with van der Waals surface area (Å²) in [6, 6.07) is 7.06. The summed E-state index contributed by atoms with van der Waals surface area (Å²) in [5.74, 6) is -0.325. The topological polar surface area (TPSA) is 27.0 Å². The van der Waals surface area contributed by atoms with Gasteiger partial charge in [-0.05, 0) is 45.0 Å².